The molecule has 1 aliphatic rings. The number of carbonyl (C=O) groups excluding carboxylic acids is 3. The molecule has 0 bridgehead atoms. The highest BCUT2D eigenvalue weighted by atomic mass is 35.5. The fraction of sp³-hybridized carbons (Fsp3) is 0.250. The van der Waals surface area contributed by atoms with Crippen molar-refractivity contribution >= 4 is 40.7 Å². The Bertz CT molecular complexity index is 1170. The largest absolute Gasteiger partial charge is 0.349 e. The molecule has 2 heterocycles. The van der Waals surface area contributed by atoms with Crippen molar-refractivity contribution in [2.24, 2.45) is 0 Å². The van der Waals surface area contributed by atoms with Crippen LogP contribution in [-0.4, -0.2) is 58.8 Å². The van der Waals surface area contributed by atoms with E-state index in [0.717, 1.165) is 19.6 Å². The maximum Gasteiger partial charge on any atom is 0.276 e. The van der Waals surface area contributed by atoms with Crippen LogP contribution in [0.25, 0.3) is 0 Å². The summed E-state index contributed by atoms with van der Waals surface area (Å²) in [5.74, 6) is -1.22. The minimum atomic E-state index is -0.515. The summed E-state index contributed by atoms with van der Waals surface area (Å²) in [4.78, 5) is 46.7. The Labute approximate surface area is 201 Å². The molecule has 4 rings (SSSR count). The van der Waals surface area contributed by atoms with E-state index in [1.807, 2.05) is 0 Å². The van der Waals surface area contributed by atoms with Crippen molar-refractivity contribution in [2.75, 3.05) is 36.8 Å². The van der Waals surface area contributed by atoms with Gasteiger partial charge in [0, 0.05) is 24.5 Å². The molecule has 0 unspecified atom stereocenters. The minimum Gasteiger partial charge on any atom is -0.349 e. The molecular weight excluding hydrogens is 456 g/mol. The van der Waals surface area contributed by atoms with E-state index in [-0.39, 0.29) is 23.2 Å². The lowest BCUT2D eigenvalue weighted by Gasteiger charge is -2.14. The minimum absolute atomic E-state index is 0.00905. The second kappa shape index (κ2) is 11.0. The van der Waals surface area contributed by atoms with Gasteiger partial charge in [0.1, 0.15) is 5.69 Å². The molecule has 0 atom stereocenters. The molecule has 34 heavy (non-hydrogen) atoms. The highest BCUT2D eigenvalue weighted by Crippen LogP contribution is 2.19. The fourth-order valence-corrected chi connectivity index (χ4v) is 3.95. The normalized spacial score (nSPS) is 13.4. The molecule has 0 saturated carbocycles. The SMILES string of the molecule is O=C(Nc1ccc(NC(=O)c2nc[nH]c2C(=O)NCCN2CCCC2)cc1)c1ccccc1Cl. The number of amides is 3. The number of benzene rings is 2. The van der Waals surface area contributed by atoms with Gasteiger partial charge in [-0.25, -0.2) is 4.98 Å². The van der Waals surface area contributed by atoms with Gasteiger partial charge in [0.05, 0.1) is 16.9 Å². The van der Waals surface area contributed by atoms with Crippen molar-refractivity contribution < 1.29 is 14.4 Å². The highest BCUT2D eigenvalue weighted by Gasteiger charge is 2.21. The van der Waals surface area contributed by atoms with Gasteiger partial charge in [0.15, 0.2) is 5.69 Å². The van der Waals surface area contributed by atoms with Gasteiger partial charge in [-0.2, -0.15) is 0 Å². The number of rotatable bonds is 8. The van der Waals surface area contributed by atoms with Crippen LogP contribution in [0.3, 0.4) is 0 Å². The highest BCUT2D eigenvalue weighted by molar-refractivity contribution is 6.34. The van der Waals surface area contributed by atoms with Crippen LogP contribution in [-0.2, 0) is 0 Å². The number of aromatic nitrogens is 2. The van der Waals surface area contributed by atoms with Crippen molar-refractivity contribution in [3.05, 3.63) is 76.8 Å². The van der Waals surface area contributed by atoms with Crippen molar-refractivity contribution in [2.45, 2.75) is 12.8 Å². The van der Waals surface area contributed by atoms with Gasteiger partial charge in [-0.1, -0.05) is 23.7 Å². The third-order valence-electron chi connectivity index (χ3n) is 5.51. The van der Waals surface area contributed by atoms with Crippen LogP contribution in [0.2, 0.25) is 5.02 Å². The van der Waals surface area contributed by atoms with Crippen molar-refractivity contribution in [1.82, 2.24) is 20.2 Å². The molecule has 2 aromatic carbocycles. The van der Waals surface area contributed by atoms with E-state index in [4.69, 9.17) is 11.6 Å². The molecular formula is C24H25ClN6O3. The zero-order chi connectivity index (χ0) is 23.9. The maximum atomic E-state index is 12.7. The number of likely N-dealkylation sites (tertiary alicyclic amines) is 1. The smallest absolute Gasteiger partial charge is 0.276 e. The second-order valence-electron chi connectivity index (χ2n) is 7.90. The Hall–Kier alpha value is -3.69. The number of halogens is 1. The number of anilines is 2. The van der Waals surface area contributed by atoms with Gasteiger partial charge in [-0.15, -0.1) is 0 Å². The molecule has 0 aliphatic carbocycles. The van der Waals surface area contributed by atoms with E-state index in [0.29, 0.717) is 28.5 Å². The fourth-order valence-electron chi connectivity index (χ4n) is 3.73. The average molecular weight is 481 g/mol. The molecule has 1 aliphatic heterocycles. The third-order valence-corrected chi connectivity index (χ3v) is 5.84. The molecule has 176 valence electrons. The van der Waals surface area contributed by atoms with E-state index in [1.54, 1.807) is 48.5 Å². The standard InChI is InChI=1S/C24H25ClN6O3/c25-19-6-2-1-5-18(19)22(32)29-16-7-9-17(10-8-16)30-24(34)21-20(27-15-28-21)23(33)26-11-14-31-12-3-4-13-31/h1-2,5-10,15H,3-4,11-14H2,(H,26,33)(H,27,28)(H,29,32)(H,30,34). The summed E-state index contributed by atoms with van der Waals surface area (Å²) < 4.78 is 0. The summed E-state index contributed by atoms with van der Waals surface area (Å²) >= 11 is 6.06. The number of nitrogens with one attached hydrogen (secondary N) is 4. The molecule has 10 heteroatoms. The van der Waals surface area contributed by atoms with Gasteiger partial charge in [-0.05, 0) is 62.3 Å². The molecule has 3 aromatic rings. The summed E-state index contributed by atoms with van der Waals surface area (Å²) in [6.07, 6.45) is 3.69. The Morgan fingerprint density at radius 3 is 2.24 bits per heavy atom. The first kappa shape index (κ1) is 23.5. The van der Waals surface area contributed by atoms with Gasteiger partial charge >= 0.3 is 0 Å². The zero-order valence-corrected chi connectivity index (χ0v) is 19.2. The Balaban J connectivity index is 1.32. The van der Waals surface area contributed by atoms with Crippen LogP contribution in [0.1, 0.15) is 44.2 Å². The lowest BCUT2D eigenvalue weighted by Crippen LogP contribution is -2.34. The molecule has 0 radical (unpaired) electrons. The van der Waals surface area contributed by atoms with Crippen LogP contribution in [0.15, 0.2) is 54.9 Å². The summed E-state index contributed by atoms with van der Waals surface area (Å²) in [5.41, 5.74) is 1.52. The van der Waals surface area contributed by atoms with Crippen LogP contribution in [0.5, 0.6) is 0 Å². The van der Waals surface area contributed by atoms with E-state index in [9.17, 15) is 14.4 Å². The Morgan fingerprint density at radius 2 is 1.56 bits per heavy atom. The number of carbonyl (C=O) groups is 3. The van der Waals surface area contributed by atoms with Crippen LogP contribution in [0, 0.1) is 0 Å². The monoisotopic (exact) mass is 480 g/mol. The predicted octanol–water partition coefficient (Wildman–Crippen LogP) is 3.39. The number of nitrogens with zero attached hydrogens (tertiary/aromatic N) is 2. The topological polar surface area (TPSA) is 119 Å². The maximum absolute atomic E-state index is 12.7. The number of hydrogen-bond acceptors (Lipinski definition) is 5. The molecule has 1 fully saturated rings. The molecule has 9 nitrogen and oxygen atoms in total. The van der Waals surface area contributed by atoms with Crippen molar-refractivity contribution in [3.63, 3.8) is 0 Å². The first-order valence-electron chi connectivity index (χ1n) is 11.0. The zero-order valence-electron chi connectivity index (χ0n) is 18.4. The first-order chi connectivity index (χ1) is 16.5. The Kier molecular flexibility index (Phi) is 7.56. The van der Waals surface area contributed by atoms with Crippen LogP contribution >= 0.6 is 11.6 Å². The van der Waals surface area contributed by atoms with Gasteiger partial charge < -0.3 is 25.8 Å². The van der Waals surface area contributed by atoms with Crippen LogP contribution in [0.4, 0.5) is 11.4 Å². The summed E-state index contributed by atoms with van der Waals surface area (Å²) in [7, 11) is 0. The number of hydrogen-bond donors (Lipinski definition) is 4. The lowest BCUT2D eigenvalue weighted by atomic mass is 10.2. The average Bonchev–Trinajstić information content (AvgIpc) is 3.53. The van der Waals surface area contributed by atoms with E-state index >= 15 is 0 Å². The Morgan fingerprint density at radius 1 is 0.912 bits per heavy atom. The van der Waals surface area contributed by atoms with Gasteiger partial charge in [0.25, 0.3) is 17.7 Å². The number of aromatic amines is 1. The first-order valence-corrected chi connectivity index (χ1v) is 11.4. The molecule has 4 N–H and O–H groups in total. The predicted molar refractivity (Wildman–Crippen MR) is 130 cm³/mol. The third kappa shape index (κ3) is 5.81. The van der Waals surface area contributed by atoms with Gasteiger partial charge in [0.2, 0.25) is 0 Å². The van der Waals surface area contributed by atoms with Crippen molar-refractivity contribution in [3.8, 4) is 0 Å². The van der Waals surface area contributed by atoms with Crippen LogP contribution < -0.4 is 16.0 Å². The number of imidazole rings is 1. The quantitative estimate of drug-likeness (QED) is 0.394. The van der Waals surface area contributed by atoms with Gasteiger partial charge in [-0.3, -0.25) is 14.4 Å². The van der Waals surface area contributed by atoms with E-state index in [1.165, 1.54) is 19.2 Å². The lowest BCUT2D eigenvalue weighted by molar-refractivity contribution is 0.0932. The van der Waals surface area contributed by atoms with Crippen molar-refractivity contribution in [1.29, 1.82) is 0 Å². The number of H-pyrrole nitrogens is 1. The molecule has 3 amide bonds. The summed E-state index contributed by atoms with van der Waals surface area (Å²) in [5, 5.41) is 8.67. The summed E-state index contributed by atoms with van der Waals surface area (Å²) in [6.45, 7) is 3.38. The summed E-state index contributed by atoms with van der Waals surface area (Å²) in [6, 6.07) is 13.4. The molecule has 1 aromatic heterocycles. The second-order valence-corrected chi connectivity index (χ2v) is 8.30. The van der Waals surface area contributed by atoms with E-state index < -0.39 is 5.91 Å². The van der Waals surface area contributed by atoms with E-state index in [2.05, 4.69) is 30.8 Å². The molecule has 0 spiro atoms. The molecule has 1 saturated heterocycles.